The first-order chi connectivity index (χ1) is 17.5. The average Bonchev–Trinajstić information content (AvgIpc) is 3.59. The Morgan fingerprint density at radius 3 is 2.33 bits per heavy atom. The molecule has 4 rings (SSSR count). The molecule has 1 aliphatic heterocycles. The summed E-state index contributed by atoms with van der Waals surface area (Å²) < 4.78 is 16.0. The molecule has 1 atom stereocenters. The minimum Gasteiger partial charge on any atom is -0.493 e. The molecule has 2 heterocycles. The lowest BCUT2D eigenvalue weighted by molar-refractivity contribution is -0.127. The Morgan fingerprint density at radius 1 is 0.972 bits per heavy atom. The second-order valence-electron chi connectivity index (χ2n) is 8.63. The van der Waals surface area contributed by atoms with Gasteiger partial charge in [-0.05, 0) is 49.8 Å². The number of ketones is 1. The molecule has 1 fully saturated rings. The summed E-state index contributed by atoms with van der Waals surface area (Å²) in [5, 5.41) is 10.5. The summed E-state index contributed by atoms with van der Waals surface area (Å²) >= 11 is 1.54. The zero-order valence-electron chi connectivity index (χ0n) is 20.9. The largest absolute Gasteiger partial charge is 0.493 e. The Morgan fingerprint density at radius 2 is 1.67 bits per heavy atom. The van der Waals surface area contributed by atoms with E-state index >= 15 is 0 Å². The van der Waals surface area contributed by atoms with Crippen LogP contribution < -0.4 is 14.2 Å². The van der Waals surface area contributed by atoms with Crippen LogP contribution in [0.3, 0.4) is 0 Å². The molecule has 190 valence electrons. The Balaban J connectivity index is 1.41. The van der Waals surface area contributed by atoms with Crippen LogP contribution in [0.4, 0.5) is 0 Å². The molecule has 8 nitrogen and oxygen atoms in total. The quantitative estimate of drug-likeness (QED) is 0.211. The molecule has 1 aliphatic rings. The van der Waals surface area contributed by atoms with E-state index < -0.39 is 11.7 Å². The third kappa shape index (κ3) is 5.67. The SMILES string of the molecule is COc1cc(C(=O)C(=O)N2CCCC2c2nnc(CCCCc3ccccc3)s2)cc(OC)c1OC. The van der Waals surface area contributed by atoms with Gasteiger partial charge in [0.15, 0.2) is 11.5 Å². The normalized spacial score (nSPS) is 15.1. The topological polar surface area (TPSA) is 90.9 Å². The number of methoxy groups -OCH3 is 3. The van der Waals surface area contributed by atoms with E-state index in [1.54, 1.807) is 4.90 Å². The van der Waals surface area contributed by atoms with E-state index in [9.17, 15) is 9.59 Å². The van der Waals surface area contributed by atoms with Crippen LogP contribution in [0, 0.1) is 0 Å². The van der Waals surface area contributed by atoms with E-state index in [1.165, 1.54) is 50.4 Å². The zero-order chi connectivity index (χ0) is 25.5. The van der Waals surface area contributed by atoms with E-state index in [1.807, 2.05) is 6.07 Å². The number of rotatable bonds is 11. The molecule has 1 amide bonds. The molecule has 0 spiro atoms. The maximum Gasteiger partial charge on any atom is 0.295 e. The summed E-state index contributed by atoms with van der Waals surface area (Å²) in [6.07, 6.45) is 5.57. The van der Waals surface area contributed by atoms with Gasteiger partial charge in [0.2, 0.25) is 5.75 Å². The van der Waals surface area contributed by atoms with E-state index in [0.29, 0.717) is 23.8 Å². The maximum atomic E-state index is 13.3. The first-order valence-electron chi connectivity index (χ1n) is 12.1. The summed E-state index contributed by atoms with van der Waals surface area (Å²) in [7, 11) is 4.43. The molecule has 0 N–H and O–H groups in total. The molecule has 1 saturated heterocycles. The molecule has 36 heavy (non-hydrogen) atoms. The minimum absolute atomic E-state index is 0.191. The number of benzene rings is 2. The van der Waals surface area contributed by atoms with Crippen molar-refractivity contribution in [2.24, 2.45) is 0 Å². The van der Waals surface area contributed by atoms with Gasteiger partial charge in [-0.2, -0.15) is 0 Å². The summed E-state index contributed by atoms with van der Waals surface area (Å²) in [6.45, 7) is 0.506. The fourth-order valence-corrected chi connectivity index (χ4v) is 5.52. The van der Waals surface area contributed by atoms with Crippen LogP contribution in [-0.4, -0.2) is 54.7 Å². The van der Waals surface area contributed by atoms with Crippen molar-refractivity contribution in [3.8, 4) is 17.2 Å². The first-order valence-corrected chi connectivity index (χ1v) is 12.9. The number of amides is 1. The van der Waals surface area contributed by atoms with Gasteiger partial charge >= 0.3 is 0 Å². The van der Waals surface area contributed by atoms with Gasteiger partial charge in [0.25, 0.3) is 11.7 Å². The molecule has 0 bridgehead atoms. The highest BCUT2D eigenvalue weighted by molar-refractivity contribution is 7.11. The summed E-state index contributed by atoms with van der Waals surface area (Å²) in [6, 6.07) is 13.2. The number of ether oxygens (including phenoxy) is 3. The standard InChI is InChI=1S/C27H31N3O5S/c1-33-21-16-19(17-22(34-2)25(21)35-3)24(31)27(32)30-15-9-13-20(30)26-29-28-23(36-26)14-8-7-12-18-10-5-4-6-11-18/h4-6,10-11,16-17,20H,7-9,12-15H2,1-3H3. The van der Waals surface area contributed by atoms with Gasteiger partial charge in [-0.25, -0.2) is 0 Å². The van der Waals surface area contributed by atoms with Crippen molar-refractivity contribution in [1.29, 1.82) is 0 Å². The van der Waals surface area contributed by atoms with Gasteiger partial charge in [0, 0.05) is 18.5 Å². The second-order valence-corrected chi connectivity index (χ2v) is 9.72. The Bertz CT molecular complexity index is 1170. The predicted molar refractivity (Wildman–Crippen MR) is 137 cm³/mol. The van der Waals surface area contributed by atoms with E-state index in [2.05, 4.69) is 34.5 Å². The minimum atomic E-state index is -0.619. The van der Waals surface area contributed by atoms with Crippen molar-refractivity contribution in [2.45, 2.75) is 44.6 Å². The Hall–Kier alpha value is -3.46. The fourth-order valence-electron chi connectivity index (χ4n) is 4.48. The summed E-state index contributed by atoms with van der Waals surface area (Å²) in [5.41, 5.74) is 1.53. The highest BCUT2D eigenvalue weighted by atomic mass is 32.1. The molecule has 0 saturated carbocycles. The highest BCUT2D eigenvalue weighted by Crippen LogP contribution is 2.39. The summed E-state index contributed by atoms with van der Waals surface area (Å²) in [5.74, 6) is -0.162. The smallest absolute Gasteiger partial charge is 0.295 e. The highest BCUT2D eigenvalue weighted by Gasteiger charge is 2.36. The molecule has 2 aromatic carbocycles. The average molecular weight is 510 g/mol. The maximum absolute atomic E-state index is 13.3. The van der Waals surface area contributed by atoms with E-state index in [4.69, 9.17) is 14.2 Å². The number of hydrogen-bond acceptors (Lipinski definition) is 8. The van der Waals surface area contributed by atoms with E-state index in [0.717, 1.165) is 48.5 Å². The third-order valence-electron chi connectivity index (χ3n) is 6.35. The predicted octanol–water partition coefficient (Wildman–Crippen LogP) is 4.68. The third-order valence-corrected chi connectivity index (χ3v) is 7.44. The van der Waals surface area contributed by atoms with Gasteiger partial charge in [-0.1, -0.05) is 41.7 Å². The van der Waals surface area contributed by atoms with Crippen molar-refractivity contribution in [2.75, 3.05) is 27.9 Å². The van der Waals surface area contributed by atoms with Crippen LogP contribution in [0.15, 0.2) is 42.5 Å². The lowest BCUT2D eigenvalue weighted by Crippen LogP contribution is -2.36. The van der Waals surface area contributed by atoms with Gasteiger partial charge in [-0.3, -0.25) is 9.59 Å². The lowest BCUT2D eigenvalue weighted by Gasteiger charge is -2.22. The molecular formula is C27H31N3O5S. The van der Waals surface area contributed by atoms with Crippen molar-refractivity contribution in [3.05, 3.63) is 63.6 Å². The van der Waals surface area contributed by atoms with Gasteiger partial charge in [0.05, 0.1) is 27.4 Å². The number of aryl methyl sites for hydroxylation is 2. The number of aromatic nitrogens is 2. The van der Waals surface area contributed by atoms with Crippen LogP contribution in [0.2, 0.25) is 0 Å². The molecule has 9 heteroatoms. The molecule has 1 aromatic heterocycles. The number of unbranched alkanes of at least 4 members (excludes halogenated alkanes) is 1. The summed E-state index contributed by atoms with van der Waals surface area (Å²) in [4.78, 5) is 28.0. The van der Waals surface area contributed by atoms with Gasteiger partial charge in [-0.15, -0.1) is 10.2 Å². The molecule has 0 radical (unpaired) electrons. The number of hydrogen-bond donors (Lipinski definition) is 0. The zero-order valence-corrected chi connectivity index (χ0v) is 21.7. The van der Waals surface area contributed by atoms with Gasteiger partial charge < -0.3 is 19.1 Å². The fraction of sp³-hybridized carbons (Fsp3) is 0.407. The van der Waals surface area contributed by atoms with Crippen LogP contribution in [0.25, 0.3) is 0 Å². The van der Waals surface area contributed by atoms with Crippen LogP contribution in [0.1, 0.15) is 57.7 Å². The van der Waals surface area contributed by atoms with Crippen LogP contribution >= 0.6 is 11.3 Å². The first kappa shape index (κ1) is 25.6. The number of carbonyl (C=O) groups excluding carboxylic acids is 2. The van der Waals surface area contributed by atoms with Gasteiger partial charge in [0.1, 0.15) is 10.0 Å². The number of likely N-dealkylation sites (tertiary alicyclic amines) is 1. The molecule has 0 aliphatic carbocycles. The van der Waals surface area contributed by atoms with Crippen molar-refractivity contribution < 1.29 is 23.8 Å². The van der Waals surface area contributed by atoms with Crippen molar-refractivity contribution in [1.82, 2.24) is 15.1 Å². The monoisotopic (exact) mass is 509 g/mol. The second kappa shape index (κ2) is 12.0. The van der Waals surface area contributed by atoms with Crippen LogP contribution in [0.5, 0.6) is 17.2 Å². The molecule has 1 unspecified atom stereocenters. The van der Waals surface area contributed by atoms with Crippen molar-refractivity contribution in [3.63, 3.8) is 0 Å². The Labute approximate surface area is 215 Å². The van der Waals surface area contributed by atoms with E-state index in [-0.39, 0.29) is 11.6 Å². The number of nitrogens with zero attached hydrogens (tertiary/aromatic N) is 3. The van der Waals surface area contributed by atoms with Crippen LogP contribution in [-0.2, 0) is 17.6 Å². The molecule has 3 aromatic rings. The van der Waals surface area contributed by atoms with Crippen molar-refractivity contribution >= 4 is 23.0 Å². The Kier molecular flexibility index (Phi) is 8.53. The number of carbonyl (C=O) groups is 2. The lowest BCUT2D eigenvalue weighted by atomic mass is 10.1. The number of Topliss-reactive ketones (excluding diaryl/α,β-unsaturated/α-hetero) is 1. The molecular weight excluding hydrogens is 478 g/mol.